The number of methoxy groups -OCH3 is 1. The number of benzene rings is 1. The molecule has 1 fully saturated rings. The molecule has 0 saturated heterocycles. The van der Waals surface area contributed by atoms with Gasteiger partial charge in [0.2, 0.25) is 0 Å². The van der Waals surface area contributed by atoms with Crippen molar-refractivity contribution in [3.8, 4) is 28.1 Å². The van der Waals surface area contributed by atoms with E-state index in [4.69, 9.17) is 21.1 Å². The molecule has 6 nitrogen and oxygen atoms in total. The van der Waals surface area contributed by atoms with Crippen LogP contribution in [0.15, 0.2) is 30.6 Å². The molecule has 34 heavy (non-hydrogen) atoms. The van der Waals surface area contributed by atoms with Crippen molar-refractivity contribution in [3.05, 3.63) is 46.9 Å². The van der Waals surface area contributed by atoms with Gasteiger partial charge in [0.05, 0.1) is 42.3 Å². The molecule has 2 N–H and O–H groups in total. The lowest BCUT2D eigenvalue weighted by Crippen LogP contribution is -2.24. The fourth-order valence-corrected chi connectivity index (χ4v) is 4.12. The van der Waals surface area contributed by atoms with Gasteiger partial charge in [0.25, 0.3) is 0 Å². The number of nitrogens with one attached hydrogen (secondary N) is 1. The van der Waals surface area contributed by atoms with E-state index in [1.807, 2.05) is 0 Å². The Labute approximate surface area is 200 Å². The number of rotatable bonds is 9. The summed E-state index contributed by atoms with van der Waals surface area (Å²) in [6.45, 7) is 3.14. The lowest BCUT2D eigenvalue weighted by Gasteiger charge is -2.19. The van der Waals surface area contributed by atoms with Crippen LogP contribution >= 0.6 is 11.6 Å². The van der Waals surface area contributed by atoms with E-state index in [0.717, 1.165) is 17.5 Å². The summed E-state index contributed by atoms with van der Waals surface area (Å²) >= 11 is 6.54. The highest BCUT2D eigenvalue weighted by Gasteiger charge is 2.40. The van der Waals surface area contributed by atoms with Crippen LogP contribution in [0.1, 0.15) is 44.4 Å². The number of nitrogens with zero attached hydrogens (tertiary/aromatic N) is 2. The molecule has 0 amide bonds. The monoisotopic (exact) mass is 497 g/mol. The van der Waals surface area contributed by atoms with Gasteiger partial charge in [0.1, 0.15) is 5.75 Å². The van der Waals surface area contributed by atoms with E-state index in [2.05, 4.69) is 10.1 Å². The largest absolute Gasteiger partial charge is 0.495 e. The number of hydrogen-bond donors (Lipinski definition) is 2. The molecule has 0 atom stereocenters. The number of alkyl halides is 3. The first kappa shape index (κ1) is 24.6. The molecule has 1 aliphatic rings. The van der Waals surface area contributed by atoms with Gasteiger partial charge in [-0.15, -0.1) is 0 Å². The SMILES string of the molecule is COc1cccc(-c2c[nH]c(-c3cnn(CCC(C)(C)O)c3C(F)(F)F)c2COC2CC2)c1Cl. The Morgan fingerprint density at radius 2 is 1.94 bits per heavy atom. The Balaban J connectivity index is 1.82. The first-order valence-corrected chi connectivity index (χ1v) is 11.4. The molecule has 3 aromatic rings. The molecule has 2 heterocycles. The molecule has 0 bridgehead atoms. The van der Waals surface area contributed by atoms with Gasteiger partial charge in [-0.1, -0.05) is 23.7 Å². The van der Waals surface area contributed by atoms with Gasteiger partial charge in [0, 0.05) is 35.0 Å². The van der Waals surface area contributed by atoms with Crippen LogP contribution in [0.3, 0.4) is 0 Å². The summed E-state index contributed by atoms with van der Waals surface area (Å²) in [5.74, 6) is 0.464. The molecule has 4 rings (SSSR count). The normalized spacial score (nSPS) is 14.6. The van der Waals surface area contributed by atoms with Crippen molar-refractivity contribution in [1.29, 1.82) is 0 Å². The number of aryl methyl sites for hydroxylation is 1. The Bertz CT molecular complexity index is 1160. The topological polar surface area (TPSA) is 72.3 Å². The van der Waals surface area contributed by atoms with Gasteiger partial charge in [-0.3, -0.25) is 4.68 Å². The molecule has 1 saturated carbocycles. The van der Waals surface area contributed by atoms with E-state index in [1.54, 1.807) is 38.2 Å². The van der Waals surface area contributed by atoms with Crippen LogP contribution in [-0.2, 0) is 24.1 Å². The summed E-state index contributed by atoms with van der Waals surface area (Å²) in [6.07, 6.45) is 0.262. The lowest BCUT2D eigenvalue weighted by molar-refractivity contribution is -0.144. The van der Waals surface area contributed by atoms with E-state index in [0.29, 0.717) is 27.5 Å². The van der Waals surface area contributed by atoms with Crippen LogP contribution in [0.5, 0.6) is 5.75 Å². The van der Waals surface area contributed by atoms with E-state index in [-0.39, 0.29) is 36.9 Å². The summed E-state index contributed by atoms with van der Waals surface area (Å²) in [4.78, 5) is 3.01. The van der Waals surface area contributed by atoms with Crippen molar-refractivity contribution in [2.24, 2.45) is 0 Å². The first-order valence-electron chi connectivity index (χ1n) is 11.0. The van der Waals surface area contributed by atoms with Crippen molar-refractivity contribution in [1.82, 2.24) is 14.8 Å². The molecule has 2 aromatic heterocycles. The predicted molar refractivity (Wildman–Crippen MR) is 123 cm³/mol. The van der Waals surface area contributed by atoms with E-state index >= 15 is 0 Å². The third kappa shape index (κ3) is 5.26. The van der Waals surface area contributed by atoms with Gasteiger partial charge >= 0.3 is 6.18 Å². The molecule has 0 unspecified atom stereocenters. The zero-order valence-electron chi connectivity index (χ0n) is 19.2. The van der Waals surface area contributed by atoms with Crippen LogP contribution < -0.4 is 4.74 Å². The number of ether oxygens (including phenoxy) is 2. The van der Waals surface area contributed by atoms with E-state index in [9.17, 15) is 18.3 Å². The highest BCUT2D eigenvalue weighted by atomic mass is 35.5. The molecule has 1 aliphatic carbocycles. The smallest absolute Gasteiger partial charge is 0.433 e. The molecular formula is C24H27ClF3N3O3. The standard InChI is InChI=1S/C24H27ClF3N3O3/c1-23(2,32)9-10-31-22(24(26,27)28)17(12-30-31)21-18(13-34-14-7-8-14)16(11-29-21)15-5-4-6-19(33-3)20(15)25/h4-6,11-12,14,29,32H,7-10,13H2,1-3H3. The van der Waals surface area contributed by atoms with Crippen LogP contribution in [-0.4, -0.2) is 38.7 Å². The van der Waals surface area contributed by atoms with Gasteiger partial charge < -0.3 is 19.6 Å². The lowest BCUT2D eigenvalue weighted by atomic mass is 10.00. The summed E-state index contributed by atoms with van der Waals surface area (Å²) < 4.78 is 54.7. The second kappa shape index (κ2) is 9.28. The van der Waals surface area contributed by atoms with E-state index in [1.165, 1.54) is 13.3 Å². The third-order valence-electron chi connectivity index (χ3n) is 5.76. The van der Waals surface area contributed by atoms with Crippen LogP contribution in [0.2, 0.25) is 5.02 Å². The van der Waals surface area contributed by atoms with E-state index < -0.39 is 17.5 Å². The number of aromatic amines is 1. The molecule has 0 radical (unpaired) electrons. The van der Waals surface area contributed by atoms with Gasteiger partial charge in [-0.05, 0) is 39.2 Å². The minimum absolute atomic E-state index is 0.0806. The summed E-state index contributed by atoms with van der Waals surface area (Å²) in [5, 5.41) is 14.4. The number of aromatic nitrogens is 3. The van der Waals surface area contributed by atoms with Gasteiger partial charge in [0.15, 0.2) is 5.69 Å². The minimum atomic E-state index is -4.65. The average molecular weight is 498 g/mol. The third-order valence-corrected chi connectivity index (χ3v) is 6.15. The van der Waals surface area contributed by atoms with Crippen LogP contribution in [0, 0.1) is 0 Å². The maximum Gasteiger partial charge on any atom is 0.433 e. The number of aliphatic hydroxyl groups is 1. The quantitative estimate of drug-likeness (QED) is 0.376. The Morgan fingerprint density at radius 1 is 1.21 bits per heavy atom. The summed E-state index contributed by atoms with van der Waals surface area (Å²) in [7, 11) is 1.50. The molecule has 0 aliphatic heterocycles. The second-order valence-electron chi connectivity index (χ2n) is 9.08. The van der Waals surface area contributed by atoms with Crippen LogP contribution in [0.25, 0.3) is 22.4 Å². The van der Waals surface area contributed by atoms with Gasteiger partial charge in [-0.25, -0.2) is 0 Å². The average Bonchev–Trinajstić information content (AvgIpc) is 3.32. The number of H-pyrrole nitrogens is 1. The zero-order valence-corrected chi connectivity index (χ0v) is 19.9. The first-order chi connectivity index (χ1) is 16.0. The minimum Gasteiger partial charge on any atom is -0.495 e. The van der Waals surface area contributed by atoms with Gasteiger partial charge in [-0.2, -0.15) is 18.3 Å². The molecular weight excluding hydrogens is 471 g/mol. The number of hydrogen-bond acceptors (Lipinski definition) is 4. The Hall–Kier alpha value is -2.49. The van der Waals surface area contributed by atoms with Crippen molar-refractivity contribution >= 4 is 11.6 Å². The fourth-order valence-electron chi connectivity index (χ4n) is 3.81. The Morgan fingerprint density at radius 3 is 2.56 bits per heavy atom. The maximum atomic E-state index is 14.2. The maximum absolute atomic E-state index is 14.2. The number of halogens is 4. The Kier molecular flexibility index (Phi) is 6.72. The highest BCUT2D eigenvalue weighted by molar-refractivity contribution is 6.34. The van der Waals surface area contributed by atoms with Crippen molar-refractivity contribution in [2.75, 3.05) is 7.11 Å². The van der Waals surface area contributed by atoms with Crippen molar-refractivity contribution in [3.63, 3.8) is 0 Å². The van der Waals surface area contributed by atoms with Crippen molar-refractivity contribution in [2.45, 2.75) is 64.1 Å². The predicted octanol–water partition coefficient (Wildman–Crippen LogP) is 6.07. The molecule has 184 valence electrons. The summed E-state index contributed by atoms with van der Waals surface area (Å²) in [5.41, 5.74) is 0.0160. The molecule has 0 spiro atoms. The summed E-state index contributed by atoms with van der Waals surface area (Å²) in [6, 6.07) is 5.28. The molecule has 1 aromatic carbocycles. The van der Waals surface area contributed by atoms with Crippen molar-refractivity contribution < 1.29 is 27.8 Å². The van der Waals surface area contributed by atoms with Crippen LogP contribution in [0.4, 0.5) is 13.2 Å². The molecule has 10 heteroatoms. The fraction of sp³-hybridized carbons (Fsp3) is 0.458. The zero-order chi connectivity index (χ0) is 24.7. The highest BCUT2D eigenvalue weighted by Crippen LogP contribution is 2.43. The second-order valence-corrected chi connectivity index (χ2v) is 9.46.